The SMILES string of the molecule is CC[C@H](C)Nc1cc(N2C[C@H]3C[C@H]2c2ccccc23)nc(C)n1. The Bertz CT molecular complexity index is 727. The zero-order valence-electron chi connectivity index (χ0n) is 14.1. The lowest BCUT2D eigenvalue weighted by atomic mass is 9.99. The van der Waals surface area contributed by atoms with Gasteiger partial charge < -0.3 is 10.2 Å². The van der Waals surface area contributed by atoms with Crippen LogP contribution in [0.25, 0.3) is 0 Å². The average molecular weight is 308 g/mol. The Hall–Kier alpha value is -2.10. The van der Waals surface area contributed by atoms with Crippen LogP contribution in [0.3, 0.4) is 0 Å². The summed E-state index contributed by atoms with van der Waals surface area (Å²) in [5.41, 5.74) is 3.02. The molecule has 1 aromatic heterocycles. The number of hydrogen-bond donors (Lipinski definition) is 1. The highest BCUT2D eigenvalue weighted by molar-refractivity contribution is 5.57. The standard InChI is InChI=1S/C19H24N4/c1-4-12(2)20-18-10-19(22-13(3)21-18)23-11-14-9-17(23)16-8-6-5-7-15(14)16/h5-8,10,12,14,17H,4,9,11H2,1-3H3,(H,20,21,22)/t12-,14+,17-/m0/s1. The van der Waals surface area contributed by atoms with E-state index in [0.29, 0.717) is 18.0 Å². The van der Waals surface area contributed by atoms with Crippen molar-refractivity contribution in [2.45, 2.75) is 51.6 Å². The van der Waals surface area contributed by atoms with Crippen LogP contribution in [-0.4, -0.2) is 22.6 Å². The fourth-order valence-electron chi connectivity index (χ4n) is 3.92. The number of rotatable bonds is 4. The fraction of sp³-hybridized carbons (Fsp3) is 0.474. The van der Waals surface area contributed by atoms with Crippen LogP contribution >= 0.6 is 0 Å². The molecule has 3 atom stereocenters. The molecule has 4 heteroatoms. The minimum Gasteiger partial charge on any atom is -0.367 e. The first kappa shape index (κ1) is 14.5. The predicted molar refractivity (Wildman–Crippen MR) is 94.0 cm³/mol. The number of hydrogen-bond acceptors (Lipinski definition) is 4. The van der Waals surface area contributed by atoms with Crippen molar-refractivity contribution in [1.82, 2.24) is 9.97 Å². The summed E-state index contributed by atoms with van der Waals surface area (Å²) in [7, 11) is 0. The van der Waals surface area contributed by atoms with Crippen LogP contribution in [0.5, 0.6) is 0 Å². The van der Waals surface area contributed by atoms with Gasteiger partial charge in [-0.15, -0.1) is 0 Å². The summed E-state index contributed by atoms with van der Waals surface area (Å²) in [6, 6.07) is 11.9. The summed E-state index contributed by atoms with van der Waals surface area (Å²) >= 11 is 0. The monoisotopic (exact) mass is 308 g/mol. The molecule has 1 aliphatic carbocycles. The van der Waals surface area contributed by atoms with Crippen molar-refractivity contribution in [3.8, 4) is 0 Å². The number of aryl methyl sites for hydroxylation is 1. The topological polar surface area (TPSA) is 41.0 Å². The van der Waals surface area contributed by atoms with E-state index in [1.165, 1.54) is 17.5 Å². The van der Waals surface area contributed by atoms with Crippen molar-refractivity contribution >= 4 is 11.6 Å². The Balaban J connectivity index is 1.65. The van der Waals surface area contributed by atoms with E-state index in [0.717, 1.165) is 30.4 Å². The molecule has 120 valence electrons. The highest BCUT2D eigenvalue weighted by Crippen LogP contribution is 2.51. The van der Waals surface area contributed by atoms with Crippen molar-refractivity contribution in [2.24, 2.45) is 0 Å². The van der Waals surface area contributed by atoms with Gasteiger partial charge in [-0.25, -0.2) is 9.97 Å². The second-order valence-electron chi connectivity index (χ2n) is 6.84. The lowest BCUT2D eigenvalue weighted by Crippen LogP contribution is -2.28. The predicted octanol–water partition coefficient (Wildman–Crippen LogP) is 4.04. The fourth-order valence-corrected chi connectivity index (χ4v) is 3.92. The van der Waals surface area contributed by atoms with E-state index < -0.39 is 0 Å². The molecule has 4 nitrogen and oxygen atoms in total. The second kappa shape index (κ2) is 5.52. The first-order chi connectivity index (χ1) is 11.2. The molecule has 0 unspecified atom stereocenters. The Morgan fingerprint density at radius 3 is 2.83 bits per heavy atom. The molecule has 2 bridgehead atoms. The minimum absolute atomic E-state index is 0.424. The van der Waals surface area contributed by atoms with Crippen molar-refractivity contribution in [3.05, 3.63) is 47.3 Å². The summed E-state index contributed by atoms with van der Waals surface area (Å²) in [5, 5.41) is 3.48. The van der Waals surface area contributed by atoms with Gasteiger partial charge in [0.1, 0.15) is 17.5 Å². The van der Waals surface area contributed by atoms with E-state index in [-0.39, 0.29) is 0 Å². The summed E-state index contributed by atoms with van der Waals surface area (Å²) in [6.45, 7) is 7.42. The Kier molecular flexibility index (Phi) is 3.47. The maximum Gasteiger partial charge on any atom is 0.134 e. The van der Waals surface area contributed by atoms with Gasteiger partial charge in [0, 0.05) is 24.6 Å². The number of nitrogens with one attached hydrogen (secondary N) is 1. The van der Waals surface area contributed by atoms with Gasteiger partial charge in [0.25, 0.3) is 0 Å². The van der Waals surface area contributed by atoms with Crippen molar-refractivity contribution in [1.29, 1.82) is 0 Å². The molecule has 2 heterocycles. The van der Waals surface area contributed by atoms with E-state index in [4.69, 9.17) is 4.98 Å². The molecule has 1 fully saturated rings. The summed E-state index contributed by atoms with van der Waals surface area (Å²) < 4.78 is 0. The molecule has 1 N–H and O–H groups in total. The first-order valence-corrected chi connectivity index (χ1v) is 8.63. The van der Waals surface area contributed by atoms with Crippen molar-refractivity contribution in [3.63, 3.8) is 0 Å². The van der Waals surface area contributed by atoms with Gasteiger partial charge in [-0.05, 0) is 37.8 Å². The van der Waals surface area contributed by atoms with Crippen LogP contribution in [0.15, 0.2) is 30.3 Å². The molecule has 1 aromatic carbocycles. The third-order valence-corrected chi connectivity index (χ3v) is 5.22. The van der Waals surface area contributed by atoms with Gasteiger partial charge >= 0.3 is 0 Å². The summed E-state index contributed by atoms with van der Waals surface area (Å²) in [4.78, 5) is 11.7. The Morgan fingerprint density at radius 2 is 2.04 bits per heavy atom. The molecule has 0 radical (unpaired) electrons. The molecule has 1 saturated heterocycles. The minimum atomic E-state index is 0.424. The Labute approximate surface area is 138 Å². The number of aromatic nitrogens is 2. The third kappa shape index (κ3) is 2.46. The molecule has 2 aliphatic rings. The van der Waals surface area contributed by atoms with Gasteiger partial charge in [-0.1, -0.05) is 31.2 Å². The van der Waals surface area contributed by atoms with Gasteiger partial charge in [0.05, 0.1) is 6.04 Å². The average Bonchev–Trinajstić information content (AvgIpc) is 3.14. The lowest BCUT2D eigenvalue weighted by Gasteiger charge is -2.30. The van der Waals surface area contributed by atoms with Gasteiger partial charge in [0.15, 0.2) is 0 Å². The smallest absolute Gasteiger partial charge is 0.134 e. The van der Waals surface area contributed by atoms with E-state index in [1.807, 2.05) is 6.92 Å². The molecule has 0 saturated carbocycles. The van der Waals surface area contributed by atoms with Crippen LogP contribution in [0.1, 0.15) is 55.6 Å². The quantitative estimate of drug-likeness (QED) is 0.925. The molecular weight excluding hydrogens is 284 g/mol. The van der Waals surface area contributed by atoms with Crippen LogP contribution in [0, 0.1) is 6.92 Å². The number of fused-ring (bicyclic) bond motifs is 5. The third-order valence-electron chi connectivity index (χ3n) is 5.22. The van der Waals surface area contributed by atoms with Gasteiger partial charge in [-0.2, -0.15) is 0 Å². The van der Waals surface area contributed by atoms with Crippen molar-refractivity contribution < 1.29 is 0 Å². The van der Waals surface area contributed by atoms with Crippen LogP contribution in [-0.2, 0) is 0 Å². The zero-order valence-corrected chi connectivity index (χ0v) is 14.1. The largest absolute Gasteiger partial charge is 0.367 e. The second-order valence-corrected chi connectivity index (χ2v) is 6.84. The molecule has 23 heavy (non-hydrogen) atoms. The van der Waals surface area contributed by atoms with E-state index in [2.05, 4.69) is 59.4 Å². The van der Waals surface area contributed by atoms with Gasteiger partial charge in [0.2, 0.25) is 0 Å². The van der Waals surface area contributed by atoms with Crippen LogP contribution in [0.2, 0.25) is 0 Å². The zero-order chi connectivity index (χ0) is 16.0. The normalized spacial score (nSPS) is 23.0. The molecule has 2 aromatic rings. The van der Waals surface area contributed by atoms with E-state index >= 15 is 0 Å². The maximum absolute atomic E-state index is 4.72. The maximum atomic E-state index is 4.72. The molecule has 1 aliphatic heterocycles. The lowest BCUT2D eigenvalue weighted by molar-refractivity contribution is 0.723. The highest BCUT2D eigenvalue weighted by Gasteiger charge is 2.42. The number of anilines is 2. The molecule has 0 spiro atoms. The number of benzene rings is 1. The molecule has 0 amide bonds. The first-order valence-electron chi connectivity index (χ1n) is 8.63. The van der Waals surface area contributed by atoms with E-state index in [1.54, 1.807) is 0 Å². The van der Waals surface area contributed by atoms with Crippen LogP contribution in [0.4, 0.5) is 11.6 Å². The number of nitrogens with zero attached hydrogens (tertiary/aromatic N) is 3. The molecule has 4 rings (SSSR count). The van der Waals surface area contributed by atoms with E-state index in [9.17, 15) is 0 Å². The molecular formula is C19H24N4. The Morgan fingerprint density at radius 1 is 1.26 bits per heavy atom. The van der Waals surface area contributed by atoms with Gasteiger partial charge in [-0.3, -0.25) is 0 Å². The summed E-state index contributed by atoms with van der Waals surface area (Å²) in [6.07, 6.45) is 2.30. The van der Waals surface area contributed by atoms with Crippen LogP contribution < -0.4 is 10.2 Å². The highest BCUT2D eigenvalue weighted by atomic mass is 15.3. The van der Waals surface area contributed by atoms with Crippen molar-refractivity contribution in [2.75, 3.05) is 16.8 Å². The summed E-state index contributed by atoms with van der Waals surface area (Å²) in [5.74, 6) is 3.49.